The van der Waals surface area contributed by atoms with Gasteiger partial charge in [0.15, 0.2) is 0 Å². The van der Waals surface area contributed by atoms with Gasteiger partial charge in [0.05, 0.1) is 5.92 Å². The summed E-state index contributed by atoms with van der Waals surface area (Å²) in [6.07, 6.45) is 5.35. The highest BCUT2D eigenvalue weighted by molar-refractivity contribution is 5.79. The Morgan fingerprint density at radius 3 is 2.96 bits per heavy atom. The number of carbonyl (C=O) groups excluding carboxylic acids is 1. The number of nitrogens with zero attached hydrogens (tertiary/aromatic N) is 1. The Labute approximate surface area is 145 Å². The number of ether oxygens (including phenoxy) is 1. The third-order valence-electron chi connectivity index (χ3n) is 4.25. The van der Waals surface area contributed by atoms with Crippen molar-refractivity contribution < 1.29 is 9.53 Å². The van der Waals surface area contributed by atoms with Gasteiger partial charge in [-0.25, -0.2) is 0 Å². The number of nitrogens with one attached hydrogen (secondary N) is 1. The summed E-state index contributed by atoms with van der Waals surface area (Å²) in [7, 11) is 0. The van der Waals surface area contributed by atoms with Gasteiger partial charge in [-0.15, -0.1) is 6.58 Å². The van der Waals surface area contributed by atoms with Crippen LogP contribution in [0, 0.1) is 5.92 Å². The average Bonchev–Trinajstić information content (AvgIpc) is 3.03. The topological polar surface area (TPSA) is 41.6 Å². The van der Waals surface area contributed by atoms with Crippen molar-refractivity contribution in [1.82, 2.24) is 10.2 Å². The molecule has 130 valence electrons. The first kappa shape index (κ1) is 18.3. The Morgan fingerprint density at radius 2 is 2.25 bits per heavy atom. The second kappa shape index (κ2) is 9.28. The number of allylic oxidation sites excluding steroid dienone is 1. The summed E-state index contributed by atoms with van der Waals surface area (Å²) in [5.41, 5.74) is 2.39. The fraction of sp³-hybridized carbons (Fsp3) is 0.450. The maximum Gasteiger partial charge on any atom is 0.224 e. The second-order valence-electron chi connectivity index (χ2n) is 6.15. The second-order valence-corrected chi connectivity index (χ2v) is 6.15. The summed E-state index contributed by atoms with van der Waals surface area (Å²) in [5.74, 6) is 1.19. The molecular formula is C20H28N2O2. The Hall–Kier alpha value is -2.07. The Bertz CT molecular complexity index is 583. The van der Waals surface area contributed by atoms with Crippen molar-refractivity contribution in [2.45, 2.75) is 26.3 Å². The lowest BCUT2D eigenvalue weighted by Crippen LogP contribution is -2.32. The molecule has 24 heavy (non-hydrogen) atoms. The molecule has 0 aromatic heterocycles. The summed E-state index contributed by atoms with van der Waals surface area (Å²) >= 11 is 0. The summed E-state index contributed by atoms with van der Waals surface area (Å²) in [5, 5.41) is 2.92. The number of rotatable bonds is 9. The molecule has 1 aromatic rings. The maximum absolute atomic E-state index is 12.0. The molecule has 2 rings (SSSR count). The first-order valence-corrected chi connectivity index (χ1v) is 8.64. The molecule has 0 unspecified atom stereocenters. The molecule has 1 amide bonds. The van der Waals surface area contributed by atoms with Crippen LogP contribution < -0.4 is 10.1 Å². The number of carbonyl (C=O) groups is 1. The van der Waals surface area contributed by atoms with E-state index >= 15 is 0 Å². The van der Waals surface area contributed by atoms with Gasteiger partial charge in [0.2, 0.25) is 5.91 Å². The highest BCUT2D eigenvalue weighted by Crippen LogP contribution is 2.24. The molecule has 1 aliphatic rings. The molecule has 4 heteroatoms. The molecule has 0 bridgehead atoms. The van der Waals surface area contributed by atoms with Gasteiger partial charge in [0.25, 0.3) is 0 Å². The van der Waals surface area contributed by atoms with Gasteiger partial charge >= 0.3 is 0 Å². The van der Waals surface area contributed by atoms with Crippen LogP contribution in [0.1, 0.15) is 24.5 Å². The van der Waals surface area contributed by atoms with Crippen LogP contribution in [-0.2, 0) is 17.8 Å². The van der Waals surface area contributed by atoms with Crippen LogP contribution in [-0.4, -0.2) is 37.0 Å². The maximum atomic E-state index is 12.0. The normalized spacial score (nSPS) is 17.5. The van der Waals surface area contributed by atoms with Crippen LogP contribution in [0.2, 0.25) is 0 Å². The van der Waals surface area contributed by atoms with E-state index < -0.39 is 0 Å². The number of likely N-dealkylation sites (tertiary alicyclic amines) is 1. The fourth-order valence-electron chi connectivity index (χ4n) is 3.10. The van der Waals surface area contributed by atoms with Crippen molar-refractivity contribution in [2.75, 3.05) is 26.2 Å². The lowest BCUT2D eigenvalue weighted by atomic mass is 10.1. The van der Waals surface area contributed by atoms with Crippen molar-refractivity contribution in [3.63, 3.8) is 0 Å². The molecule has 0 radical (unpaired) electrons. The minimum absolute atomic E-state index is 0.118. The van der Waals surface area contributed by atoms with E-state index in [9.17, 15) is 4.79 Å². The van der Waals surface area contributed by atoms with Crippen LogP contribution in [0.5, 0.6) is 5.75 Å². The smallest absolute Gasteiger partial charge is 0.224 e. The third kappa shape index (κ3) is 4.96. The van der Waals surface area contributed by atoms with Crippen molar-refractivity contribution >= 4 is 5.91 Å². The Balaban J connectivity index is 1.99. The fourth-order valence-corrected chi connectivity index (χ4v) is 3.10. The molecule has 0 spiro atoms. The van der Waals surface area contributed by atoms with E-state index in [-0.39, 0.29) is 11.8 Å². The van der Waals surface area contributed by atoms with E-state index in [0.29, 0.717) is 13.2 Å². The number of amides is 1. The first-order chi connectivity index (χ1) is 11.7. The molecule has 1 N–H and O–H groups in total. The molecule has 1 atom stereocenters. The van der Waals surface area contributed by atoms with Crippen LogP contribution in [0.4, 0.5) is 0 Å². The molecule has 1 aliphatic heterocycles. The van der Waals surface area contributed by atoms with E-state index in [4.69, 9.17) is 4.74 Å². The van der Waals surface area contributed by atoms with E-state index in [2.05, 4.69) is 35.5 Å². The van der Waals surface area contributed by atoms with Crippen LogP contribution in [0.15, 0.2) is 43.5 Å². The summed E-state index contributed by atoms with van der Waals surface area (Å²) < 4.78 is 5.71. The van der Waals surface area contributed by atoms with E-state index in [1.54, 1.807) is 6.08 Å². The number of hydrogen-bond acceptors (Lipinski definition) is 3. The molecular weight excluding hydrogens is 300 g/mol. The van der Waals surface area contributed by atoms with Crippen LogP contribution in [0.3, 0.4) is 0 Å². The lowest BCUT2D eigenvalue weighted by Gasteiger charge is -2.17. The number of benzene rings is 1. The summed E-state index contributed by atoms with van der Waals surface area (Å²) in [6, 6.07) is 6.30. The minimum Gasteiger partial charge on any atom is -0.489 e. The van der Waals surface area contributed by atoms with Gasteiger partial charge < -0.3 is 10.1 Å². The summed E-state index contributed by atoms with van der Waals surface area (Å²) in [6.45, 7) is 13.3. The largest absolute Gasteiger partial charge is 0.489 e. The van der Waals surface area contributed by atoms with Gasteiger partial charge in [0.1, 0.15) is 12.4 Å². The molecule has 0 saturated carbocycles. The van der Waals surface area contributed by atoms with Gasteiger partial charge in [-0.3, -0.25) is 9.69 Å². The van der Waals surface area contributed by atoms with Crippen molar-refractivity contribution in [2.24, 2.45) is 5.92 Å². The van der Waals surface area contributed by atoms with Gasteiger partial charge in [-0.1, -0.05) is 30.9 Å². The zero-order valence-corrected chi connectivity index (χ0v) is 14.6. The van der Waals surface area contributed by atoms with Crippen LogP contribution >= 0.6 is 0 Å². The van der Waals surface area contributed by atoms with E-state index in [1.807, 2.05) is 19.1 Å². The Kier molecular flexibility index (Phi) is 7.07. The predicted molar refractivity (Wildman–Crippen MR) is 98.1 cm³/mol. The SMILES string of the molecule is C=CCOc1ccc(CN2CC[C@@H](C(=O)NCC)C2)cc1CC=C. The molecule has 1 heterocycles. The quantitative estimate of drug-likeness (QED) is 0.709. The van der Waals surface area contributed by atoms with Gasteiger partial charge in [-0.2, -0.15) is 0 Å². The number of hydrogen-bond donors (Lipinski definition) is 1. The van der Waals surface area contributed by atoms with Crippen LogP contribution in [0.25, 0.3) is 0 Å². The minimum atomic E-state index is 0.118. The molecule has 1 fully saturated rings. The van der Waals surface area contributed by atoms with Crippen molar-refractivity contribution in [1.29, 1.82) is 0 Å². The standard InChI is InChI=1S/C20H28N2O2/c1-4-7-17-13-16(8-9-19(17)24-12-5-2)14-22-11-10-18(15-22)20(23)21-6-3/h4-5,8-9,13,18H,1-2,6-7,10-12,14-15H2,3H3,(H,21,23)/t18-/m1/s1. The highest BCUT2D eigenvalue weighted by Gasteiger charge is 2.27. The first-order valence-electron chi connectivity index (χ1n) is 8.64. The molecule has 4 nitrogen and oxygen atoms in total. The monoisotopic (exact) mass is 328 g/mol. The predicted octanol–water partition coefficient (Wildman–Crippen LogP) is 2.94. The van der Waals surface area contributed by atoms with Crippen molar-refractivity contribution in [3.05, 3.63) is 54.6 Å². The van der Waals surface area contributed by atoms with E-state index in [0.717, 1.165) is 43.8 Å². The van der Waals surface area contributed by atoms with Crippen molar-refractivity contribution in [3.8, 4) is 5.75 Å². The zero-order chi connectivity index (χ0) is 17.4. The van der Waals surface area contributed by atoms with Gasteiger partial charge in [0, 0.05) is 19.6 Å². The highest BCUT2D eigenvalue weighted by atomic mass is 16.5. The van der Waals surface area contributed by atoms with Gasteiger partial charge in [-0.05, 0) is 43.5 Å². The van der Waals surface area contributed by atoms with E-state index in [1.165, 1.54) is 5.56 Å². The summed E-state index contributed by atoms with van der Waals surface area (Å²) in [4.78, 5) is 14.3. The lowest BCUT2D eigenvalue weighted by molar-refractivity contribution is -0.124. The third-order valence-corrected chi connectivity index (χ3v) is 4.25. The Morgan fingerprint density at radius 1 is 1.42 bits per heavy atom. The average molecular weight is 328 g/mol. The molecule has 0 aliphatic carbocycles. The molecule has 1 aromatic carbocycles. The zero-order valence-electron chi connectivity index (χ0n) is 14.6. The molecule has 1 saturated heterocycles.